The number of hydrogen-bond donors (Lipinski definition) is 0. The molecule has 124 valence electrons. The summed E-state index contributed by atoms with van der Waals surface area (Å²) in [5, 5.41) is 0.967. The van der Waals surface area contributed by atoms with Gasteiger partial charge in [0, 0.05) is 29.8 Å². The smallest absolute Gasteiger partial charge is 0.265 e. The number of furan rings is 1. The molecule has 0 aliphatic heterocycles. The average Bonchev–Trinajstić information content (AvgIpc) is 2.85. The summed E-state index contributed by atoms with van der Waals surface area (Å²) in [5.41, 5.74) is 0.471. The first kappa shape index (κ1) is 16.5. The van der Waals surface area contributed by atoms with E-state index in [2.05, 4.69) is 4.98 Å². The van der Waals surface area contributed by atoms with Crippen LogP contribution in [0.5, 0.6) is 0 Å². The number of amides is 1. The Morgan fingerprint density at radius 3 is 2.50 bits per heavy atom. The van der Waals surface area contributed by atoms with Gasteiger partial charge in [-0.25, -0.2) is 4.98 Å². The number of aryl methyl sites for hydroxylation is 2. The number of hydrogen-bond acceptors (Lipinski definition) is 4. The van der Waals surface area contributed by atoms with E-state index in [1.165, 1.54) is 15.8 Å². The maximum absolute atomic E-state index is 12.9. The molecule has 0 spiro atoms. The number of fused-ring (bicyclic) bond motifs is 1. The van der Waals surface area contributed by atoms with E-state index in [4.69, 9.17) is 27.6 Å². The van der Waals surface area contributed by atoms with Gasteiger partial charge in [0.1, 0.15) is 17.5 Å². The molecular formula is C16H13Cl2N3O3. The van der Waals surface area contributed by atoms with E-state index >= 15 is 0 Å². The van der Waals surface area contributed by atoms with E-state index in [0.29, 0.717) is 21.5 Å². The second kappa shape index (κ2) is 5.96. The molecule has 0 saturated heterocycles. The maximum atomic E-state index is 12.9. The van der Waals surface area contributed by atoms with Crippen molar-refractivity contribution in [2.45, 2.75) is 6.92 Å². The van der Waals surface area contributed by atoms with Crippen molar-refractivity contribution in [3.8, 4) is 0 Å². The van der Waals surface area contributed by atoms with E-state index in [0.717, 1.165) is 0 Å². The minimum absolute atomic E-state index is 0.136. The Morgan fingerprint density at radius 1 is 1.25 bits per heavy atom. The van der Waals surface area contributed by atoms with E-state index in [9.17, 15) is 9.59 Å². The predicted octanol–water partition coefficient (Wildman–Crippen LogP) is 3.42. The lowest BCUT2D eigenvalue weighted by molar-refractivity contribution is 0.0993. The minimum Gasteiger partial charge on any atom is -0.442 e. The van der Waals surface area contributed by atoms with Crippen LogP contribution in [0.1, 0.15) is 16.1 Å². The molecule has 2 heterocycles. The second-order valence-corrected chi connectivity index (χ2v) is 6.24. The number of benzene rings is 1. The summed E-state index contributed by atoms with van der Waals surface area (Å²) in [7, 11) is 3.13. The van der Waals surface area contributed by atoms with Crippen molar-refractivity contribution >= 4 is 45.9 Å². The number of halogens is 2. The zero-order valence-corrected chi connectivity index (χ0v) is 14.6. The molecule has 6 nitrogen and oxygen atoms in total. The van der Waals surface area contributed by atoms with Crippen molar-refractivity contribution in [3.63, 3.8) is 0 Å². The average molecular weight is 366 g/mol. The highest BCUT2D eigenvalue weighted by Crippen LogP contribution is 2.28. The standard InChI is InChI=1S/C16H13Cl2N3O3/c1-8-12(13-14(24-8)19-7-20(2)15(13)22)16(23)21(3)11-5-9(17)4-10(18)6-11/h4-7H,1-3H3. The molecular weight excluding hydrogens is 353 g/mol. The van der Waals surface area contributed by atoms with Crippen LogP contribution in [0.3, 0.4) is 0 Å². The fourth-order valence-electron chi connectivity index (χ4n) is 2.46. The lowest BCUT2D eigenvalue weighted by Crippen LogP contribution is -2.28. The number of rotatable bonds is 2. The van der Waals surface area contributed by atoms with Crippen LogP contribution < -0.4 is 10.5 Å². The number of aromatic nitrogens is 2. The van der Waals surface area contributed by atoms with Crippen molar-refractivity contribution in [1.29, 1.82) is 0 Å². The van der Waals surface area contributed by atoms with Gasteiger partial charge in [-0.2, -0.15) is 0 Å². The van der Waals surface area contributed by atoms with E-state index in [-0.39, 0.29) is 22.2 Å². The quantitative estimate of drug-likeness (QED) is 0.697. The Labute approximate surface area is 147 Å². The van der Waals surface area contributed by atoms with Gasteiger partial charge in [-0.3, -0.25) is 9.59 Å². The lowest BCUT2D eigenvalue weighted by Gasteiger charge is -2.17. The minimum atomic E-state index is -0.408. The van der Waals surface area contributed by atoms with Gasteiger partial charge < -0.3 is 13.9 Å². The molecule has 0 aliphatic carbocycles. The second-order valence-electron chi connectivity index (χ2n) is 5.37. The molecule has 0 fully saturated rings. The Kier molecular flexibility index (Phi) is 4.11. The normalized spacial score (nSPS) is 11.0. The Balaban J connectivity index is 2.16. The summed E-state index contributed by atoms with van der Waals surface area (Å²) >= 11 is 12.0. The van der Waals surface area contributed by atoms with Crippen molar-refractivity contribution < 1.29 is 9.21 Å². The van der Waals surface area contributed by atoms with Crippen molar-refractivity contribution in [2.24, 2.45) is 7.05 Å². The van der Waals surface area contributed by atoms with Crippen LogP contribution >= 0.6 is 23.2 Å². The first-order valence-electron chi connectivity index (χ1n) is 6.98. The van der Waals surface area contributed by atoms with Crippen LogP contribution in [0.25, 0.3) is 11.1 Å². The van der Waals surface area contributed by atoms with Crippen LogP contribution in [-0.4, -0.2) is 22.5 Å². The van der Waals surface area contributed by atoms with Gasteiger partial charge >= 0.3 is 0 Å². The molecule has 0 radical (unpaired) electrons. The number of carbonyl (C=O) groups excluding carboxylic acids is 1. The molecule has 2 aromatic heterocycles. The summed E-state index contributed by atoms with van der Waals surface area (Å²) in [6.45, 7) is 1.62. The van der Waals surface area contributed by atoms with Crippen molar-refractivity contribution in [3.05, 3.63) is 56.2 Å². The molecule has 1 amide bonds. The van der Waals surface area contributed by atoms with E-state index < -0.39 is 5.91 Å². The molecule has 3 rings (SSSR count). The zero-order chi connectivity index (χ0) is 17.6. The van der Waals surface area contributed by atoms with Crippen molar-refractivity contribution in [2.75, 3.05) is 11.9 Å². The van der Waals surface area contributed by atoms with Crippen LogP contribution in [0, 0.1) is 6.92 Å². The van der Waals surface area contributed by atoms with E-state index in [1.54, 1.807) is 39.2 Å². The highest BCUT2D eigenvalue weighted by molar-refractivity contribution is 6.35. The molecule has 3 aromatic rings. The maximum Gasteiger partial charge on any atom is 0.265 e. The first-order valence-corrected chi connectivity index (χ1v) is 7.74. The highest BCUT2D eigenvalue weighted by atomic mass is 35.5. The zero-order valence-electron chi connectivity index (χ0n) is 13.1. The Morgan fingerprint density at radius 2 is 1.88 bits per heavy atom. The number of nitrogens with zero attached hydrogens (tertiary/aromatic N) is 3. The molecule has 0 unspecified atom stereocenters. The lowest BCUT2D eigenvalue weighted by atomic mass is 10.1. The van der Waals surface area contributed by atoms with E-state index in [1.807, 2.05) is 0 Å². The van der Waals surface area contributed by atoms with Gasteiger partial charge in [-0.05, 0) is 25.1 Å². The third-order valence-electron chi connectivity index (χ3n) is 3.70. The van der Waals surface area contributed by atoms with Crippen molar-refractivity contribution in [1.82, 2.24) is 9.55 Å². The summed E-state index contributed by atoms with van der Waals surface area (Å²) in [6.07, 6.45) is 1.35. The summed E-state index contributed by atoms with van der Waals surface area (Å²) in [6, 6.07) is 4.79. The molecule has 0 atom stereocenters. The summed E-state index contributed by atoms with van der Waals surface area (Å²) in [4.78, 5) is 30.7. The molecule has 1 aromatic carbocycles. The molecule has 8 heteroatoms. The fourth-order valence-corrected chi connectivity index (χ4v) is 2.98. The van der Waals surface area contributed by atoms with Crippen LogP contribution in [0.2, 0.25) is 10.0 Å². The van der Waals surface area contributed by atoms with Gasteiger partial charge in [0.15, 0.2) is 0 Å². The third kappa shape index (κ3) is 2.68. The van der Waals surface area contributed by atoms with Gasteiger partial charge in [0.05, 0.1) is 5.56 Å². The van der Waals surface area contributed by atoms with Gasteiger partial charge in [0.2, 0.25) is 5.71 Å². The fraction of sp³-hybridized carbons (Fsp3) is 0.188. The topological polar surface area (TPSA) is 68.3 Å². The van der Waals surface area contributed by atoms with Crippen LogP contribution in [0.4, 0.5) is 5.69 Å². The SMILES string of the molecule is Cc1oc2ncn(C)c(=O)c2c1C(=O)N(C)c1cc(Cl)cc(Cl)c1. The van der Waals surface area contributed by atoms with Crippen LogP contribution in [-0.2, 0) is 7.05 Å². The predicted molar refractivity (Wildman–Crippen MR) is 93.2 cm³/mol. The molecule has 0 N–H and O–H groups in total. The van der Waals surface area contributed by atoms with Crippen LogP contribution in [0.15, 0.2) is 33.7 Å². The number of carbonyl (C=O) groups is 1. The molecule has 0 bridgehead atoms. The number of anilines is 1. The largest absolute Gasteiger partial charge is 0.442 e. The third-order valence-corrected chi connectivity index (χ3v) is 4.14. The summed E-state index contributed by atoms with van der Waals surface area (Å²) in [5.74, 6) is -0.0829. The van der Waals surface area contributed by atoms with Gasteiger partial charge in [-0.15, -0.1) is 0 Å². The first-order chi connectivity index (χ1) is 11.3. The summed E-state index contributed by atoms with van der Waals surface area (Å²) < 4.78 is 6.76. The van der Waals surface area contributed by atoms with Gasteiger partial charge in [0.25, 0.3) is 11.5 Å². The monoisotopic (exact) mass is 365 g/mol. The van der Waals surface area contributed by atoms with Gasteiger partial charge in [-0.1, -0.05) is 23.2 Å². The Hall–Kier alpha value is -2.31. The molecule has 24 heavy (non-hydrogen) atoms. The molecule has 0 saturated carbocycles. The Bertz CT molecular complexity index is 1000. The highest BCUT2D eigenvalue weighted by Gasteiger charge is 2.25. The molecule has 0 aliphatic rings.